The van der Waals surface area contributed by atoms with Crippen LogP contribution in [0.4, 0.5) is 0 Å². The molecule has 0 aromatic carbocycles. The summed E-state index contributed by atoms with van der Waals surface area (Å²) in [5.41, 5.74) is -0.702. The van der Waals surface area contributed by atoms with E-state index in [-0.39, 0.29) is 11.9 Å². The Labute approximate surface area is 164 Å². The molecule has 2 aliphatic rings. The molecule has 0 saturated carbocycles. The van der Waals surface area contributed by atoms with Crippen molar-refractivity contribution in [1.29, 1.82) is 0 Å². The maximum absolute atomic E-state index is 12.8. The molecule has 0 radical (unpaired) electrons. The molecule has 0 aromatic rings. The molecule has 0 bridgehead atoms. The van der Waals surface area contributed by atoms with E-state index in [4.69, 9.17) is 16.3 Å². The van der Waals surface area contributed by atoms with Crippen LogP contribution in [0, 0.1) is 5.92 Å². The highest BCUT2D eigenvalue weighted by Crippen LogP contribution is 2.31. The van der Waals surface area contributed by atoms with E-state index in [1.807, 2.05) is 11.9 Å². The topological polar surface area (TPSA) is 102 Å². The maximum atomic E-state index is 12.8. The van der Waals surface area contributed by atoms with Crippen LogP contribution < -0.4 is 5.32 Å². The second kappa shape index (κ2) is 9.41. The van der Waals surface area contributed by atoms with Crippen LogP contribution in [0.15, 0.2) is 0 Å². The van der Waals surface area contributed by atoms with Crippen LogP contribution in [0.1, 0.15) is 26.7 Å². The summed E-state index contributed by atoms with van der Waals surface area (Å²) in [4.78, 5) is 14.8. The number of halogens is 1. The van der Waals surface area contributed by atoms with Crippen LogP contribution in [-0.4, -0.2) is 93.3 Å². The largest absolute Gasteiger partial charge is 0.388 e. The molecular weight excluding hydrogens is 380 g/mol. The molecule has 26 heavy (non-hydrogen) atoms. The first-order valence-corrected chi connectivity index (χ1v) is 10.8. The monoisotopic (exact) mass is 410 g/mol. The van der Waals surface area contributed by atoms with Crippen LogP contribution in [0.25, 0.3) is 0 Å². The first kappa shape index (κ1) is 22.2. The van der Waals surface area contributed by atoms with Crippen molar-refractivity contribution in [3.8, 4) is 0 Å². The van der Waals surface area contributed by atoms with Crippen LogP contribution >= 0.6 is 23.4 Å². The van der Waals surface area contributed by atoms with Crippen molar-refractivity contribution in [2.75, 3.05) is 19.8 Å². The summed E-state index contributed by atoms with van der Waals surface area (Å²) < 4.78 is 5.78. The number of ether oxygens (including phenoxy) is 1. The number of carbonyl (C=O) groups excluding carboxylic acids is 1. The van der Waals surface area contributed by atoms with Crippen LogP contribution in [0.3, 0.4) is 0 Å². The molecule has 9 atom stereocenters. The Hall–Kier alpha value is -0.0900. The lowest BCUT2D eigenvalue weighted by molar-refractivity contribution is -0.205. The summed E-state index contributed by atoms with van der Waals surface area (Å²) in [6.45, 7) is 4.70. The van der Waals surface area contributed by atoms with Gasteiger partial charge in [-0.25, -0.2) is 0 Å². The maximum Gasteiger partial charge on any atom is 0.237 e. The molecule has 2 saturated heterocycles. The van der Waals surface area contributed by atoms with Gasteiger partial charge in [0.05, 0.1) is 17.5 Å². The molecule has 9 heteroatoms. The lowest BCUT2D eigenvalue weighted by atomic mass is 9.92. The number of alkyl halides is 1. The van der Waals surface area contributed by atoms with E-state index in [9.17, 15) is 20.1 Å². The number of carbonyl (C=O) groups is 1. The van der Waals surface area contributed by atoms with Crippen LogP contribution in [0.2, 0.25) is 0 Å². The van der Waals surface area contributed by atoms with Crippen LogP contribution in [-0.2, 0) is 9.53 Å². The van der Waals surface area contributed by atoms with Crippen molar-refractivity contribution in [2.24, 2.45) is 5.92 Å². The Morgan fingerprint density at radius 2 is 2.00 bits per heavy atom. The van der Waals surface area contributed by atoms with E-state index < -0.39 is 41.3 Å². The van der Waals surface area contributed by atoms with Gasteiger partial charge in [0.15, 0.2) is 0 Å². The minimum atomic E-state index is -1.36. The second-order valence-electron chi connectivity index (χ2n) is 7.35. The van der Waals surface area contributed by atoms with Gasteiger partial charge >= 0.3 is 0 Å². The van der Waals surface area contributed by atoms with Gasteiger partial charge in [0.25, 0.3) is 0 Å². The fraction of sp³-hybridized carbons (Fsp3) is 0.941. The van der Waals surface area contributed by atoms with E-state index >= 15 is 0 Å². The molecule has 0 aromatic heterocycles. The molecule has 1 amide bonds. The van der Waals surface area contributed by atoms with Gasteiger partial charge in [-0.2, -0.15) is 0 Å². The number of amides is 1. The van der Waals surface area contributed by atoms with Gasteiger partial charge in [-0.05, 0) is 32.6 Å². The summed E-state index contributed by atoms with van der Waals surface area (Å²) in [6, 6.07) is -0.935. The number of nitrogens with one attached hydrogen (secondary N) is 1. The molecule has 2 fully saturated rings. The standard InChI is InChI=1S/C17H31ClN2O5S/c1-5-9-6-10(20(3)7-9)16(24)19-11(8(2)18)15-13(22)12(21)14(23)17(25-15)26-4/h8-15,17,21-23H,5-7H2,1-4H3,(H,19,24)/t8?,9-,10+,11?,12?,13+,14-,15?,17-/m0/s1. The molecule has 152 valence electrons. The van der Waals surface area contributed by atoms with Gasteiger partial charge in [-0.15, -0.1) is 23.4 Å². The van der Waals surface area contributed by atoms with Crippen molar-refractivity contribution in [3.05, 3.63) is 0 Å². The molecular formula is C17H31ClN2O5S. The van der Waals surface area contributed by atoms with Crippen LogP contribution in [0.5, 0.6) is 0 Å². The Morgan fingerprint density at radius 1 is 1.35 bits per heavy atom. The fourth-order valence-electron chi connectivity index (χ4n) is 3.79. The van der Waals surface area contributed by atoms with Gasteiger partial charge in [0.1, 0.15) is 29.9 Å². The minimum absolute atomic E-state index is 0.155. The lowest BCUT2D eigenvalue weighted by Crippen LogP contribution is -2.65. The summed E-state index contributed by atoms with van der Waals surface area (Å²) in [7, 11) is 1.93. The Morgan fingerprint density at radius 3 is 2.50 bits per heavy atom. The van der Waals surface area contributed by atoms with E-state index in [0.717, 1.165) is 19.4 Å². The van der Waals surface area contributed by atoms with Crippen molar-refractivity contribution < 1.29 is 24.9 Å². The summed E-state index contributed by atoms with van der Waals surface area (Å²) in [6.07, 6.45) is -1.27. The van der Waals surface area contributed by atoms with Crippen molar-refractivity contribution >= 4 is 29.3 Å². The van der Waals surface area contributed by atoms with E-state index in [0.29, 0.717) is 5.92 Å². The molecule has 7 nitrogen and oxygen atoms in total. The zero-order valence-corrected chi connectivity index (χ0v) is 17.3. The highest BCUT2D eigenvalue weighted by Gasteiger charge is 2.48. The van der Waals surface area contributed by atoms with E-state index in [2.05, 4.69) is 12.2 Å². The second-order valence-corrected chi connectivity index (χ2v) is 8.98. The normalized spacial score (nSPS) is 41.0. The third kappa shape index (κ3) is 4.66. The minimum Gasteiger partial charge on any atom is -0.388 e. The first-order chi connectivity index (χ1) is 12.2. The van der Waals surface area contributed by atoms with E-state index in [1.165, 1.54) is 11.8 Å². The van der Waals surface area contributed by atoms with Crippen molar-refractivity contribution in [3.63, 3.8) is 0 Å². The third-order valence-corrected chi connectivity index (χ3v) is 6.64. The number of likely N-dealkylation sites (N-methyl/N-ethyl adjacent to an activating group) is 1. The smallest absolute Gasteiger partial charge is 0.237 e. The zero-order valence-electron chi connectivity index (χ0n) is 15.7. The first-order valence-electron chi connectivity index (χ1n) is 9.08. The Kier molecular flexibility index (Phi) is 8.03. The SMILES string of the molecule is CC[C@H]1C[C@H](C(=O)NC(C(C)Cl)C2O[C@@H](SC)[C@@H](O)C(O)[C@H]2O)N(C)C1. The predicted molar refractivity (Wildman–Crippen MR) is 102 cm³/mol. The fourth-order valence-corrected chi connectivity index (χ4v) is 4.68. The number of nitrogens with zero attached hydrogens (tertiary/aromatic N) is 1. The quantitative estimate of drug-likeness (QED) is 0.457. The number of likely N-dealkylation sites (tertiary alicyclic amines) is 1. The average Bonchev–Trinajstić information content (AvgIpc) is 2.99. The average molecular weight is 411 g/mol. The molecule has 0 aliphatic carbocycles. The van der Waals surface area contributed by atoms with Gasteiger partial charge in [0, 0.05) is 6.54 Å². The number of thioether (sulfide) groups is 1. The number of aliphatic hydroxyl groups excluding tert-OH is 3. The molecule has 2 heterocycles. The Bertz CT molecular complexity index is 484. The molecule has 2 aliphatic heterocycles. The number of aliphatic hydroxyl groups is 3. The number of hydrogen-bond acceptors (Lipinski definition) is 7. The Balaban J connectivity index is 2.11. The highest BCUT2D eigenvalue weighted by atomic mass is 35.5. The predicted octanol–water partition coefficient (Wildman–Crippen LogP) is -0.000600. The number of rotatable bonds is 6. The summed E-state index contributed by atoms with van der Waals surface area (Å²) in [5, 5.41) is 32.9. The molecule has 4 N–H and O–H groups in total. The highest BCUT2D eigenvalue weighted by molar-refractivity contribution is 7.99. The van der Waals surface area contributed by atoms with Crippen molar-refractivity contribution in [1.82, 2.24) is 10.2 Å². The van der Waals surface area contributed by atoms with Gasteiger partial charge in [0.2, 0.25) is 5.91 Å². The molecule has 0 spiro atoms. The molecule has 4 unspecified atom stereocenters. The zero-order chi connectivity index (χ0) is 19.6. The van der Waals surface area contributed by atoms with Gasteiger partial charge in [-0.3, -0.25) is 9.69 Å². The summed E-state index contributed by atoms with van der Waals surface area (Å²) in [5.74, 6) is 0.329. The molecule has 2 rings (SSSR count). The number of hydrogen-bond donors (Lipinski definition) is 4. The third-order valence-electron chi connectivity index (χ3n) is 5.51. The summed E-state index contributed by atoms with van der Waals surface area (Å²) >= 11 is 7.52. The van der Waals surface area contributed by atoms with Gasteiger partial charge in [-0.1, -0.05) is 13.3 Å². The van der Waals surface area contributed by atoms with Crippen molar-refractivity contribution in [2.45, 2.75) is 74.0 Å². The van der Waals surface area contributed by atoms with E-state index in [1.54, 1.807) is 13.2 Å². The lowest BCUT2D eigenvalue weighted by Gasteiger charge is -2.44. The van der Waals surface area contributed by atoms with Gasteiger partial charge < -0.3 is 25.4 Å².